The van der Waals surface area contributed by atoms with E-state index in [2.05, 4.69) is 15.5 Å². The highest BCUT2D eigenvalue weighted by atomic mass is 16.6. The number of hydrogen-bond acceptors (Lipinski definition) is 4. The monoisotopic (exact) mass is 232 g/mol. The number of hydrogen-bond donors (Lipinski definition) is 2. The van der Waals surface area contributed by atoms with Crippen LogP contribution >= 0.6 is 0 Å². The minimum Gasteiger partial charge on any atom is -0.373 e. The fraction of sp³-hybridized carbons (Fsp3) is 0.182. The van der Waals surface area contributed by atoms with Crippen molar-refractivity contribution in [2.45, 2.75) is 13.5 Å². The highest BCUT2D eigenvalue weighted by Gasteiger charge is 2.13. The van der Waals surface area contributed by atoms with E-state index in [0.717, 1.165) is 11.1 Å². The standard InChI is InChI=1S/C11H12N4O2/c1-8-3-2-4-9(5-8)6-12-10-7-13-14-11(10)15(16)17/h2-5,7,12H,6H2,1H3,(H,13,14). The van der Waals surface area contributed by atoms with Gasteiger partial charge in [0.25, 0.3) is 0 Å². The highest BCUT2D eigenvalue weighted by Crippen LogP contribution is 2.20. The molecule has 0 aliphatic rings. The summed E-state index contributed by atoms with van der Waals surface area (Å²) in [5, 5.41) is 19.6. The lowest BCUT2D eigenvalue weighted by atomic mass is 10.1. The lowest BCUT2D eigenvalue weighted by molar-refractivity contribution is -0.388. The fourth-order valence-electron chi connectivity index (χ4n) is 1.57. The van der Waals surface area contributed by atoms with Crippen molar-refractivity contribution in [2.75, 3.05) is 5.32 Å². The number of anilines is 1. The van der Waals surface area contributed by atoms with E-state index in [1.54, 1.807) is 0 Å². The minimum absolute atomic E-state index is 0.113. The molecule has 1 aromatic carbocycles. The molecule has 0 spiro atoms. The summed E-state index contributed by atoms with van der Waals surface area (Å²) in [7, 11) is 0. The predicted octanol–water partition coefficient (Wildman–Crippen LogP) is 2.24. The molecular formula is C11H12N4O2. The third-order valence-electron chi connectivity index (χ3n) is 2.37. The van der Waals surface area contributed by atoms with Gasteiger partial charge in [0, 0.05) is 6.54 Å². The number of aryl methyl sites for hydroxylation is 1. The van der Waals surface area contributed by atoms with Gasteiger partial charge in [-0.2, -0.15) is 0 Å². The molecule has 17 heavy (non-hydrogen) atoms. The third-order valence-corrected chi connectivity index (χ3v) is 2.37. The zero-order valence-corrected chi connectivity index (χ0v) is 9.30. The van der Waals surface area contributed by atoms with E-state index < -0.39 is 4.92 Å². The minimum atomic E-state index is -0.494. The zero-order chi connectivity index (χ0) is 12.3. The summed E-state index contributed by atoms with van der Waals surface area (Å²) in [6, 6.07) is 7.95. The normalized spacial score (nSPS) is 10.2. The third kappa shape index (κ3) is 2.60. The van der Waals surface area contributed by atoms with Crippen molar-refractivity contribution in [1.29, 1.82) is 0 Å². The molecule has 2 rings (SSSR count). The fourth-order valence-corrected chi connectivity index (χ4v) is 1.57. The van der Waals surface area contributed by atoms with Crippen LogP contribution in [0, 0.1) is 17.0 Å². The first kappa shape index (κ1) is 11.1. The SMILES string of the molecule is Cc1cccc(CNc2cn[nH]c2[N+](=O)[O-])c1. The molecule has 2 aromatic rings. The van der Waals surface area contributed by atoms with Gasteiger partial charge in [0.1, 0.15) is 6.20 Å². The van der Waals surface area contributed by atoms with Crippen molar-refractivity contribution in [2.24, 2.45) is 0 Å². The van der Waals surface area contributed by atoms with Crippen molar-refractivity contribution in [3.8, 4) is 0 Å². The van der Waals surface area contributed by atoms with Gasteiger partial charge in [0.05, 0.1) is 0 Å². The van der Waals surface area contributed by atoms with Gasteiger partial charge in [0.15, 0.2) is 5.69 Å². The summed E-state index contributed by atoms with van der Waals surface area (Å²) in [4.78, 5) is 10.1. The van der Waals surface area contributed by atoms with Gasteiger partial charge in [-0.25, -0.2) is 0 Å². The maximum absolute atomic E-state index is 10.6. The van der Waals surface area contributed by atoms with Gasteiger partial charge in [-0.15, -0.1) is 5.10 Å². The lowest BCUT2D eigenvalue weighted by Gasteiger charge is -2.04. The largest absolute Gasteiger partial charge is 0.373 e. The number of nitro groups is 1. The molecule has 0 aliphatic carbocycles. The Morgan fingerprint density at radius 3 is 3.06 bits per heavy atom. The van der Waals surface area contributed by atoms with Gasteiger partial charge in [-0.3, -0.25) is 0 Å². The Morgan fingerprint density at radius 1 is 1.53 bits per heavy atom. The first-order valence-corrected chi connectivity index (χ1v) is 5.14. The Kier molecular flexibility index (Phi) is 3.04. The van der Waals surface area contributed by atoms with E-state index >= 15 is 0 Å². The van der Waals surface area contributed by atoms with E-state index in [4.69, 9.17) is 0 Å². The molecule has 0 saturated heterocycles. The van der Waals surface area contributed by atoms with E-state index in [9.17, 15) is 10.1 Å². The van der Waals surface area contributed by atoms with Crippen LogP contribution in [0.1, 0.15) is 11.1 Å². The smallest absolute Gasteiger partial charge is 0.366 e. The van der Waals surface area contributed by atoms with Gasteiger partial charge in [-0.05, 0) is 17.4 Å². The average molecular weight is 232 g/mol. The lowest BCUT2D eigenvalue weighted by Crippen LogP contribution is -2.01. The number of aromatic amines is 1. The number of nitrogens with one attached hydrogen (secondary N) is 2. The Hall–Kier alpha value is -2.37. The summed E-state index contributed by atoms with van der Waals surface area (Å²) in [6.07, 6.45) is 1.41. The molecule has 0 fully saturated rings. The predicted molar refractivity (Wildman–Crippen MR) is 63.7 cm³/mol. The number of benzene rings is 1. The Bertz CT molecular complexity index is 536. The number of rotatable bonds is 4. The van der Waals surface area contributed by atoms with Crippen molar-refractivity contribution < 1.29 is 4.92 Å². The van der Waals surface area contributed by atoms with E-state index in [-0.39, 0.29) is 5.82 Å². The molecule has 2 N–H and O–H groups in total. The summed E-state index contributed by atoms with van der Waals surface area (Å²) < 4.78 is 0. The second-order valence-corrected chi connectivity index (χ2v) is 3.73. The maximum Gasteiger partial charge on any atom is 0.366 e. The Balaban J connectivity index is 2.07. The molecule has 6 nitrogen and oxygen atoms in total. The van der Waals surface area contributed by atoms with E-state index in [1.165, 1.54) is 6.20 Å². The van der Waals surface area contributed by atoms with Gasteiger partial charge < -0.3 is 15.4 Å². The second kappa shape index (κ2) is 4.65. The maximum atomic E-state index is 10.6. The van der Waals surface area contributed by atoms with Crippen LogP contribution < -0.4 is 5.32 Å². The van der Waals surface area contributed by atoms with Crippen LogP contribution in [0.3, 0.4) is 0 Å². The number of aromatic nitrogens is 2. The summed E-state index contributed by atoms with van der Waals surface area (Å²) in [5.74, 6) is -0.113. The molecule has 1 aromatic heterocycles. The summed E-state index contributed by atoms with van der Waals surface area (Å²) >= 11 is 0. The molecule has 0 saturated carbocycles. The van der Waals surface area contributed by atoms with E-state index in [0.29, 0.717) is 12.2 Å². The number of nitrogens with zero attached hydrogens (tertiary/aromatic N) is 2. The van der Waals surface area contributed by atoms with Crippen LogP contribution in [0.25, 0.3) is 0 Å². The molecule has 88 valence electrons. The Labute approximate surface area is 97.8 Å². The molecule has 0 bridgehead atoms. The molecule has 6 heteroatoms. The van der Waals surface area contributed by atoms with Crippen molar-refractivity contribution in [1.82, 2.24) is 10.2 Å². The van der Waals surface area contributed by atoms with E-state index in [1.807, 2.05) is 31.2 Å². The average Bonchev–Trinajstić information content (AvgIpc) is 2.74. The quantitative estimate of drug-likeness (QED) is 0.625. The van der Waals surface area contributed by atoms with Crippen LogP contribution in [0.2, 0.25) is 0 Å². The number of H-pyrrole nitrogens is 1. The van der Waals surface area contributed by atoms with Crippen molar-refractivity contribution in [3.05, 3.63) is 51.7 Å². The Morgan fingerprint density at radius 2 is 2.35 bits per heavy atom. The van der Waals surface area contributed by atoms with Crippen molar-refractivity contribution in [3.63, 3.8) is 0 Å². The molecule has 0 amide bonds. The molecule has 0 radical (unpaired) electrons. The van der Waals surface area contributed by atoms with Crippen molar-refractivity contribution >= 4 is 11.5 Å². The summed E-state index contributed by atoms with van der Waals surface area (Å²) in [5.41, 5.74) is 2.63. The molecule has 0 aliphatic heterocycles. The van der Waals surface area contributed by atoms with Crippen LogP contribution in [0.15, 0.2) is 30.5 Å². The van der Waals surface area contributed by atoms with Gasteiger partial charge in [0.2, 0.25) is 0 Å². The highest BCUT2D eigenvalue weighted by molar-refractivity contribution is 5.55. The molecule has 0 unspecified atom stereocenters. The molecule has 1 heterocycles. The zero-order valence-electron chi connectivity index (χ0n) is 9.30. The molecule has 0 atom stereocenters. The first-order valence-electron chi connectivity index (χ1n) is 5.14. The topological polar surface area (TPSA) is 83.8 Å². The summed E-state index contributed by atoms with van der Waals surface area (Å²) in [6.45, 7) is 2.53. The second-order valence-electron chi connectivity index (χ2n) is 3.73. The van der Waals surface area contributed by atoms with Crippen LogP contribution in [-0.2, 0) is 6.54 Å². The first-order chi connectivity index (χ1) is 8.16. The van der Waals surface area contributed by atoms with Crippen LogP contribution in [0.5, 0.6) is 0 Å². The van der Waals surface area contributed by atoms with Gasteiger partial charge in [-0.1, -0.05) is 34.9 Å². The van der Waals surface area contributed by atoms with Gasteiger partial charge >= 0.3 is 5.82 Å². The van der Waals surface area contributed by atoms with Crippen LogP contribution in [-0.4, -0.2) is 15.1 Å². The molecular weight excluding hydrogens is 220 g/mol. The van der Waals surface area contributed by atoms with Crippen LogP contribution in [0.4, 0.5) is 11.5 Å².